The number of aryl methyl sites for hydroxylation is 1. The Morgan fingerprint density at radius 3 is 2.50 bits per heavy atom. The molecule has 6 nitrogen and oxygen atoms in total. The molecule has 0 aliphatic heterocycles. The topological polar surface area (TPSA) is 96.2 Å². The summed E-state index contributed by atoms with van der Waals surface area (Å²) in [5.74, 6) is 0. The number of aromatic nitrogens is 2. The first-order chi connectivity index (χ1) is 10.2. The highest BCUT2D eigenvalue weighted by Gasteiger charge is 2.44. The lowest BCUT2D eigenvalue weighted by Crippen LogP contribution is -2.56. The van der Waals surface area contributed by atoms with Crippen molar-refractivity contribution in [1.82, 2.24) is 9.78 Å². The van der Waals surface area contributed by atoms with Crippen molar-refractivity contribution in [1.29, 1.82) is 0 Å². The van der Waals surface area contributed by atoms with E-state index in [-0.39, 0.29) is 0 Å². The van der Waals surface area contributed by atoms with Gasteiger partial charge in [-0.2, -0.15) is 5.10 Å². The van der Waals surface area contributed by atoms with Crippen LogP contribution in [-0.2, 0) is 10.3 Å². The van der Waals surface area contributed by atoms with Gasteiger partial charge in [-0.1, -0.05) is 12.1 Å². The fourth-order valence-corrected chi connectivity index (χ4v) is 2.59. The van der Waals surface area contributed by atoms with Crippen LogP contribution in [0.2, 0.25) is 0 Å². The first kappa shape index (κ1) is 16.0. The van der Waals surface area contributed by atoms with Crippen LogP contribution in [0.4, 0.5) is 4.79 Å². The van der Waals surface area contributed by atoms with Gasteiger partial charge in [-0.05, 0) is 45.4 Å². The van der Waals surface area contributed by atoms with Gasteiger partial charge in [-0.3, -0.25) is 0 Å². The molecule has 0 bridgehead atoms. The molecule has 0 fully saturated rings. The van der Waals surface area contributed by atoms with Gasteiger partial charge in [0.15, 0.2) is 0 Å². The van der Waals surface area contributed by atoms with Crippen LogP contribution >= 0.6 is 0 Å². The van der Waals surface area contributed by atoms with Gasteiger partial charge in [0, 0.05) is 18.0 Å². The van der Waals surface area contributed by atoms with E-state index in [9.17, 15) is 4.79 Å². The second kappa shape index (κ2) is 5.46. The van der Waals surface area contributed by atoms with Crippen LogP contribution in [0.1, 0.15) is 31.9 Å². The van der Waals surface area contributed by atoms with Gasteiger partial charge in [0.05, 0.1) is 11.2 Å². The van der Waals surface area contributed by atoms with E-state index in [1.807, 2.05) is 44.3 Å². The van der Waals surface area contributed by atoms with Crippen molar-refractivity contribution in [2.24, 2.45) is 11.5 Å². The fourth-order valence-electron chi connectivity index (χ4n) is 2.59. The predicted octanol–water partition coefficient (Wildman–Crippen LogP) is 2.23. The number of rotatable bonds is 4. The summed E-state index contributed by atoms with van der Waals surface area (Å²) >= 11 is 0. The Balaban J connectivity index is 2.63. The largest absolute Gasteiger partial charge is 0.441 e. The Bertz CT molecular complexity index is 675. The Morgan fingerprint density at radius 1 is 1.27 bits per heavy atom. The molecule has 1 amide bonds. The molecular formula is C16H22N4O2. The minimum Gasteiger partial charge on any atom is -0.441 e. The Morgan fingerprint density at radius 2 is 1.95 bits per heavy atom. The summed E-state index contributed by atoms with van der Waals surface area (Å²) in [6, 6.07) is 7.67. The van der Waals surface area contributed by atoms with E-state index in [1.54, 1.807) is 24.7 Å². The maximum absolute atomic E-state index is 11.2. The van der Waals surface area contributed by atoms with E-state index in [4.69, 9.17) is 16.2 Å². The molecule has 1 aromatic carbocycles. The molecule has 2 aromatic rings. The van der Waals surface area contributed by atoms with Crippen molar-refractivity contribution in [3.63, 3.8) is 0 Å². The average molecular weight is 302 g/mol. The molecule has 0 radical (unpaired) electrons. The number of primary amides is 1. The number of carbonyl (C=O) groups excluding carboxylic acids is 1. The molecule has 0 aliphatic carbocycles. The summed E-state index contributed by atoms with van der Waals surface area (Å²) in [5.41, 5.74) is 12.5. The van der Waals surface area contributed by atoms with Gasteiger partial charge in [-0.15, -0.1) is 0 Å². The van der Waals surface area contributed by atoms with Crippen molar-refractivity contribution in [3.05, 3.63) is 47.8 Å². The third kappa shape index (κ3) is 2.69. The average Bonchev–Trinajstić information content (AvgIpc) is 2.89. The third-order valence-corrected chi connectivity index (χ3v) is 4.13. The zero-order valence-corrected chi connectivity index (χ0v) is 13.3. The number of hydrogen-bond donors (Lipinski definition) is 2. The molecule has 1 atom stereocenters. The summed E-state index contributed by atoms with van der Waals surface area (Å²) in [5, 5.41) is 4.27. The predicted molar refractivity (Wildman–Crippen MR) is 84.6 cm³/mol. The smallest absolute Gasteiger partial charge is 0.405 e. The lowest BCUT2D eigenvalue weighted by molar-refractivity contribution is -0.0126. The van der Waals surface area contributed by atoms with E-state index in [0.717, 1.165) is 16.8 Å². The minimum atomic E-state index is -0.993. The molecule has 1 heterocycles. The maximum atomic E-state index is 11.2. The van der Waals surface area contributed by atoms with Gasteiger partial charge in [0.25, 0.3) is 0 Å². The van der Waals surface area contributed by atoms with Gasteiger partial charge >= 0.3 is 6.09 Å². The second-order valence-corrected chi connectivity index (χ2v) is 6.05. The standard InChI is InChI=1S/C16H22N4O2/c1-11-7-5-8-12(20-10-6-9-19-20)13(11)16(4,18)15(2,3)22-14(17)21/h5-10H,18H2,1-4H3,(H2,17,21). The van der Waals surface area contributed by atoms with Gasteiger partial charge in [-0.25, -0.2) is 9.48 Å². The molecule has 1 aromatic heterocycles. The van der Waals surface area contributed by atoms with Crippen molar-refractivity contribution >= 4 is 6.09 Å². The van der Waals surface area contributed by atoms with Gasteiger partial charge in [0.2, 0.25) is 0 Å². The van der Waals surface area contributed by atoms with E-state index in [2.05, 4.69) is 5.10 Å². The van der Waals surface area contributed by atoms with Crippen molar-refractivity contribution in [3.8, 4) is 5.69 Å². The molecule has 1 unspecified atom stereocenters. The van der Waals surface area contributed by atoms with Crippen LogP contribution in [0.5, 0.6) is 0 Å². The number of amides is 1. The molecule has 0 aliphatic rings. The van der Waals surface area contributed by atoms with Crippen molar-refractivity contribution < 1.29 is 9.53 Å². The van der Waals surface area contributed by atoms with E-state index in [1.165, 1.54) is 0 Å². The zero-order chi connectivity index (χ0) is 16.5. The Hall–Kier alpha value is -2.34. The molecule has 6 heteroatoms. The number of nitrogens with two attached hydrogens (primary N) is 2. The molecule has 118 valence electrons. The number of carbonyl (C=O) groups is 1. The summed E-state index contributed by atoms with van der Waals surface area (Å²) < 4.78 is 7.01. The SMILES string of the molecule is Cc1cccc(-n2cccn2)c1C(C)(N)C(C)(C)OC(N)=O. The van der Waals surface area contributed by atoms with Crippen LogP contribution in [0, 0.1) is 6.92 Å². The molecule has 2 rings (SSSR count). The molecule has 0 saturated heterocycles. The number of benzene rings is 1. The third-order valence-electron chi connectivity index (χ3n) is 4.13. The number of ether oxygens (including phenoxy) is 1. The highest BCUT2D eigenvalue weighted by atomic mass is 16.6. The van der Waals surface area contributed by atoms with E-state index < -0.39 is 17.2 Å². The molecule has 0 saturated carbocycles. The highest BCUT2D eigenvalue weighted by molar-refractivity contribution is 5.65. The van der Waals surface area contributed by atoms with Crippen LogP contribution in [0.15, 0.2) is 36.7 Å². The zero-order valence-electron chi connectivity index (χ0n) is 13.3. The summed E-state index contributed by atoms with van der Waals surface area (Å²) in [4.78, 5) is 11.2. The first-order valence-electron chi connectivity index (χ1n) is 7.04. The van der Waals surface area contributed by atoms with Crippen LogP contribution in [0.25, 0.3) is 5.69 Å². The maximum Gasteiger partial charge on any atom is 0.405 e. The molecule has 0 spiro atoms. The Labute approximate surface area is 130 Å². The summed E-state index contributed by atoms with van der Waals surface area (Å²) in [6.07, 6.45) is 2.69. The van der Waals surface area contributed by atoms with Crippen LogP contribution < -0.4 is 11.5 Å². The van der Waals surface area contributed by atoms with Crippen molar-refractivity contribution in [2.45, 2.75) is 38.8 Å². The second-order valence-electron chi connectivity index (χ2n) is 6.05. The fraction of sp³-hybridized carbons (Fsp3) is 0.375. The minimum absolute atomic E-state index is 0.844. The Kier molecular flexibility index (Phi) is 3.98. The van der Waals surface area contributed by atoms with Crippen molar-refractivity contribution in [2.75, 3.05) is 0 Å². The highest BCUT2D eigenvalue weighted by Crippen LogP contribution is 2.37. The van der Waals surface area contributed by atoms with E-state index >= 15 is 0 Å². The molecular weight excluding hydrogens is 280 g/mol. The first-order valence-corrected chi connectivity index (χ1v) is 7.04. The monoisotopic (exact) mass is 302 g/mol. The number of nitrogens with zero attached hydrogens (tertiary/aromatic N) is 2. The van der Waals surface area contributed by atoms with Crippen LogP contribution in [0.3, 0.4) is 0 Å². The quantitative estimate of drug-likeness (QED) is 0.905. The van der Waals surface area contributed by atoms with Gasteiger partial charge in [0.1, 0.15) is 5.60 Å². The summed E-state index contributed by atoms with van der Waals surface area (Å²) in [7, 11) is 0. The molecule has 22 heavy (non-hydrogen) atoms. The number of hydrogen-bond acceptors (Lipinski definition) is 4. The summed E-state index contributed by atoms with van der Waals surface area (Å²) in [6.45, 7) is 7.28. The lowest BCUT2D eigenvalue weighted by atomic mass is 9.76. The molecule has 4 N–H and O–H groups in total. The van der Waals surface area contributed by atoms with Crippen LogP contribution in [-0.4, -0.2) is 21.5 Å². The lowest BCUT2D eigenvalue weighted by Gasteiger charge is -2.42. The van der Waals surface area contributed by atoms with Gasteiger partial charge < -0.3 is 16.2 Å². The van der Waals surface area contributed by atoms with E-state index in [0.29, 0.717) is 0 Å². The normalized spacial score (nSPS) is 14.4.